The molecule has 35 heavy (non-hydrogen) atoms. The maximum Gasteiger partial charge on any atom is 0.257 e. The number of hydrogen-bond donors (Lipinski definition) is 0. The molecule has 6 nitrogen and oxygen atoms in total. The summed E-state index contributed by atoms with van der Waals surface area (Å²) in [4.78, 5) is 15.0. The second kappa shape index (κ2) is 10.4. The Morgan fingerprint density at radius 2 is 1.60 bits per heavy atom. The summed E-state index contributed by atoms with van der Waals surface area (Å²) in [5, 5.41) is 4.73. The Morgan fingerprint density at radius 1 is 0.971 bits per heavy atom. The summed E-state index contributed by atoms with van der Waals surface area (Å²) in [5.74, 6) is 0.605. The number of benzene rings is 3. The standard InChI is InChI=1S/C28H28FN3O3/c1-19(2)31(27(33)22-14-8-9-15-24(22)29)18-23-20(3)30-32(21-12-6-5-7-13-21)28(23)35-26-17-11-10-16-25(26)34-4/h5-17,19H,18H2,1-4H3. The average Bonchev–Trinajstić information content (AvgIpc) is 3.17. The van der Waals surface area contributed by atoms with Crippen LogP contribution in [-0.2, 0) is 6.54 Å². The van der Waals surface area contributed by atoms with Crippen molar-refractivity contribution in [2.75, 3.05) is 7.11 Å². The summed E-state index contributed by atoms with van der Waals surface area (Å²) < 4.78 is 28.0. The van der Waals surface area contributed by atoms with Gasteiger partial charge in [0.15, 0.2) is 11.5 Å². The second-order valence-corrected chi connectivity index (χ2v) is 8.38. The van der Waals surface area contributed by atoms with Crippen molar-refractivity contribution in [2.24, 2.45) is 0 Å². The minimum atomic E-state index is -0.551. The molecule has 3 aromatic carbocycles. The summed E-state index contributed by atoms with van der Waals surface area (Å²) >= 11 is 0. The summed E-state index contributed by atoms with van der Waals surface area (Å²) in [6.45, 7) is 5.86. The number of carbonyl (C=O) groups excluding carboxylic acids is 1. The zero-order valence-electron chi connectivity index (χ0n) is 20.2. The smallest absolute Gasteiger partial charge is 0.257 e. The van der Waals surface area contributed by atoms with Crippen LogP contribution in [0.25, 0.3) is 5.69 Å². The number of hydrogen-bond acceptors (Lipinski definition) is 4. The minimum Gasteiger partial charge on any atom is -0.493 e. The van der Waals surface area contributed by atoms with Crippen LogP contribution in [0.4, 0.5) is 4.39 Å². The number of methoxy groups -OCH3 is 1. The zero-order chi connectivity index (χ0) is 24.9. The van der Waals surface area contributed by atoms with E-state index in [0.29, 0.717) is 23.1 Å². The molecule has 0 bridgehead atoms. The van der Waals surface area contributed by atoms with Gasteiger partial charge < -0.3 is 14.4 Å². The molecule has 1 heterocycles. The van der Waals surface area contributed by atoms with E-state index in [1.165, 1.54) is 12.1 Å². The van der Waals surface area contributed by atoms with Gasteiger partial charge >= 0.3 is 0 Å². The largest absolute Gasteiger partial charge is 0.493 e. The molecule has 0 unspecified atom stereocenters. The molecule has 0 radical (unpaired) electrons. The highest BCUT2D eigenvalue weighted by molar-refractivity contribution is 5.94. The van der Waals surface area contributed by atoms with Crippen molar-refractivity contribution >= 4 is 5.91 Å². The van der Waals surface area contributed by atoms with Crippen molar-refractivity contribution in [1.82, 2.24) is 14.7 Å². The Balaban J connectivity index is 1.81. The quantitative estimate of drug-likeness (QED) is 0.307. The molecular weight excluding hydrogens is 445 g/mol. The van der Waals surface area contributed by atoms with Gasteiger partial charge in [-0.15, -0.1) is 0 Å². The first-order valence-electron chi connectivity index (χ1n) is 11.4. The molecule has 1 aromatic heterocycles. The monoisotopic (exact) mass is 473 g/mol. The molecule has 0 spiro atoms. The van der Waals surface area contributed by atoms with Gasteiger partial charge in [-0.2, -0.15) is 5.10 Å². The predicted molar refractivity (Wildman–Crippen MR) is 133 cm³/mol. The predicted octanol–water partition coefficient (Wildman–Crippen LogP) is 6.17. The molecule has 0 saturated heterocycles. The molecule has 0 aliphatic rings. The third-order valence-corrected chi connectivity index (χ3v) is 5.73. The van der Waals surface area contributed by atoms with E-state index in [2.05, 4.69) is 0 Å². The van der Waals surface area contributed by atoms with Gasteiger partial charge in [0, 0.05) is 6.04 Å². The molecule has 0 atom stereocenters. The van der Waals surface area contributed by atoms with Gasteiger partial charge in [0.25, 0.3) is 5.91 Å². The van der Waals surface area contributed by atoms with Crippen LogP contribution in [-0.4, -0.2) is 33.7 Å². The number of para-hydroxylation sites is 3. The van der Waals surface area contributed by atoms with E-state index in [0.717, 1.165) is 11.3 Å². The van der Waals surface area contributed by atoms with Crippen LogP contribution in [0.3, 0.4) is 0 Å². The Hall–Kier alpha value is -4.13. The van der Waals surface area contributed by atoms with Crippen molar-refractivity contribution in [1.29, 1.82) is 0 Å². The van der Waals surface area contributed by atoms with E-state index in [4.69, 9.17) is 14.6 Å². The maximum atomic E-state index is 14.5. The molecule has 4 aromatic rings. The van der Waals surface area contributed by atoms with Crippen LogP contribution < -0.4 is 9.47 Å². The Bertz CT molecular complexity index is 1320. The molecule has 4 rings (SSSR count). The van der Waals surface area contributed by atoms with E-state index >= 15 is 0 Å². The van der Waals surface area contributed by atoms with Gasteiger partial charge in [0.1, 0.15) is 5.82 Å². The fraction of sp³-hybridized carbons (Fsp3) is 0.214. The molecule has 180 valence electrons. The molecular formula is C28H28FN3O3. The van der Waals surface area contributed by atoms with Crippen molar-refractivity contribution in [3.8, 4) is 23.1 Å². The summed E-state index contributed by atoms with van der Waals surface area (Å²) in [5.41, 5.74) is 2.26. The van der Waals surface area contributed by atoms with Crippen molar-refractivity contribution in [2.45, 2.75) is 33.4 Å². The van der Waals surface area contributed by atoms with Crippen LogP contribution >= 0.6 is 0 Å². The van der Waals surface area contributed by atoms with E-state index in [1.54, 1.807) is 28.8 Å². The minimum absolute atomic E-state index is 0.0292. The van der Waals surface area contributed by atoms with Crippen LogP contribution in [0.2, 0.25) is 0 Å². The van der Waals surface area contributed by atoms with Gasteiger partial charge in [-0.1, -0.05) is 42.5 Å². The van der Waals surface area contributed by atoms with E-state index < -0.39 is 11.7 Å². The number of carbonyl (C=O) groups is 1. The lowest BCUT2D eigenvalue weighted by atomic mass is 10.1. The average molecular weight is 474 g/mol. The topological polar surface area (TPSA) is 56.6 Å². The number of rotatable bonds is 8. The molecule has 0 N–H and O–H groups in total. The molecule has 1 amide bonds. The second-order valence-electron chi connectivity index (χ2n) is 8.38. The first-order chi connectivity index (χ1) is 16.9. The van der Waals surface area contributed by atoms with Gasteiger partial charge in [-0.3, -0.25) is 4.79 Å². The Kier molecular flexibility index (Phi) is 7.15. The highest BCUT2D eigenvalue weighted by atomic mass is 19.1. The molecule has 0 saturated carbocycles. The van der Waals surface area contributed by atoms with Gasteiger partial charge in [0.2, 0.25) is 5.88 Å². The lowest BCUT2D eigenvalue weighted by molar-refractivity contribution is 0.0684. The zero-order valence-corrected chi connectivity index (χ0v) is 20.2. The number of halogens is 1. The molecule has 0 aliphatic carbocycles. The summed E-state index contributed by atoms with van der Waals surface area (Å²) in [7, 11) is 1.58. The third-order valence-electron chi connectivity index (χ3n) is 5.73. The Morgan fingerprint density at radius 3 is 2.26 bits per heavy atom. The van der Waals surface area contributed by atoms with Gasteiger partial charge in [-0.05, 0) is 57.2 Å². The summed E-state index contributed by atoms with van der Waals surface area (Å²) in [6, 6.07) is 22.8. The Labute approximate surface area is 204 Å². The first-order valence-corrected chi connectivity index (χ1v) is 11.4. The number of ether oxygens (including phenoxy) is 2. The van der Waals surface area contributed by atoms with Gasteiger partial charge in [0.05, 0.1) is 36.2 Å². The van der Waals surface area contributed by atoms with E-state index in [9.17, 15) is 9.18 Å². The number of amides is 1. The lowest BCUT2D eigenvalue weighted by Gasteiger charge is -2.27. The van der Waals surface area contributed by atoms with Crippen molar-refractivity contribution in [3.05, 3.63) is 102 Å². The fourth-order valence-electron chi connectivity index (χ4n) is 3.83. The summed E-state index contributed by atoms with van der Waals surface area (Å²) in [6.07, 6.45) is 0. The highest BCUT2D eigenvalue weighted by Gasteiger charge is 2.27. The number of aryl methyl sites for hydroxylation is 1. The fourth-order valence-corrected chi connectivity index (χ4v) is 3.83. The number of aromatic nitrogens is 2. The molecule has 0 fully saturated rings. The van der Waals surface area contributed by atoms with Crippen LogP contribution in [0.15, 0.2) is 78.9 Å². The lowest BCUT2D eigenvalue weighted by Crippen LogP contribution is -2.37. The van der Waals surface area contributed by atoms with Crippen LogP contribution in [0, 0.1) is 12.7 Å². The van der Waals surface area contributed by atoms with Crippen molar-refractivity contribution < 1.29 is 18.7 Å². The maximum absolute atomic E-state index is 14.5. The van der Waals surface area contributed by atoms with Gasteiger partial charge in [-0.25, -0.2) is 9.07 Å². The third kappa shape index (κ3) is 5.04. The SMILES string of the molecule is COc1ccccc1Oc1c(CN(C(=O)c2ccccc2F)C(C)C)c(C)nn1-c1ccccc1. The normalized spacial score (nSPS) is 10.9. The van der Waals surface area contributed by atoms with E-state index in [1.807, 2.05) is 75.4 Å². The highest BCUT2D eigenvalue weighted by Crippen LogP contribution is 2.36. The van der Waals surface area contributed by atoms with Crippen molar-refractivity contribution in [3.63, 3.8) is 0 Å². The van der Waals surface area contributed by atoms with E-state index in [-0.39, 0.29) is 18.2 Å². The number of nitrogens with zero attached hydrogens (tertiary/aromatic N) is 3. The van der Waals surface area contributed by atoms with Crippen LogP contribution in [0.5, 0.6) is 17.4 Å². The van der Waals surface area contributed by atoms with Crippen LogP contribution in [0.1, 0.15) is 35.5 Å². The first kappa shape index (κ1) is 24.0. The molecule has 7 heteroatoms. The molecule has 0 aliphatic heterocycles.